The molecule has 0 spiro atoms. The molecule has 13 heteroatoms. The van der Waals surface area contributed by atoms with Crippen LogP contribution in [0.25, 0.3) is 0 Å². The first-order valence-electron chi connectivity index (χ1n) is 12.8. The second-order valence-corrected chi connectivity index (χ2v) is 11.9. The third kappa shape index (κ3) is 4.97. The third-order valence-electron chi connectivity index (χ3n) is 7.06. The number of hydrogen-bond donors (Lipinski definition) is 2. The van der Waals surface area contributed by atoms with E-state index in [4.69, 9.17) is 4.74 Å². The van der Waals surface area contributed by atoms with E-state index in [-0.39, 0.29) is 28.8 Å². The van der Waals surface area contributed by atoms with Crippen molar-refractivity contribution >= 4 is 57.9 Å². The van der Waals surface area contributed by atoms with Crippen LogP contribution in [0.4, 0.5) is 17.1 Å². The van der Waals surface area contributed by atoms with Gasteiger partial charge in [0.05, 0.1) is 21.6 Å². The molecule has 3 atom stereocenters. The molecule has 212 valence electrons. The van der Waals surface area contributed by atoms with Crippen molar-refractivity contribution in [1.29, 1.82) is 0 Å². The molecule has 2 unspecified atom stereocenters. The number of ether oxygens (including phenoxy) is 1. The summed E-state index contributed by atoms with van der Waals surface area (Å²) in [5.41, 5.74) is 2.23. The molecule has 11 nitrogen and oxygen atoms in total. The normalized spacial score (nSPS) is 19.3. The number of aromatic nitrogens is 1. The summed E-state index contributed by atoms with van der Waals surface area (Å²) in [6.07, 6.45) is 0. The molecule has 0 saturated carbocycles. The number of rotatable bonds is 7. The number of thioether (sulfide) groups is 1. The fourth-order valence-corrected chi connectivity index (χ4v) is 7.77. The number of imide groups is 1. The maximum Gasteiger partial charge on any atom is 0.305 e. The van der Waals surface area contributed by atoms with Crippen molar-refractivity contribution in [1.82, 2.24) is 4.98 Å². The summed E-state index contributed by atoms with van der Waals surface area (Å²) in [7, 11) is 0. The van der Waals surface area contributed by atoms with E-state index in [0.717, 1.165) is 33.6 Å². The van der Waals surface area contributed by atoms with Crippen LogP contribution < -0.4 is 19.8 Å². The largest absolute Gasteiger partial charge is 0.483 e. The monoisotopic (exact) mass is 602 g/mol. The summed E-state index contributed by atoms with van der Waals surface area (Å²) in [6, 6.07) is 19.5. The van der Waals surface area contributed by atoms with Crippen LogP contribution in [-0.4, -0.2) is 39.5 Å². The first-order chi connectivity index (χ1) is 20.2. The number of carbonyl (C=O) groups excluding carboxylic acids is 3. The highest BCUT2D eigenvalue weighted by Crippen LogP contribution is 2.54. The van der Waals surface area contributed by atoms with Crippen molar-refractivity contribution in [3.05, 3.63) is 109 Å². The van der Waals surface area contributed by atoms with E-state index >= 15 is 0 Å². The molecule has 2 N–H and O–H groups in total. The average molecular weight is 603 g/mol. The lowest BCUT2D eigenvalue weighted by molar-refractivity contribution is -0.384. The lowest BCUT2D eigenvalue weighted by Gasteiger charge is -2.30. The number of H-pyrrole nitrogens is 1. The highest BCUT2D eigenvalue weighted by atomic mass is 32.2. The smallest absolute Gasteiger partial charge is 0.305 e. The molecule has 3 heterocycles. The molecular formula is C29H22N4O7S2. The maximum atomic E-state index is 13.9. The van der Waals surface area contributed by atoms with Gasteiger partial charge in [-0.05, 0) is 42.8 Å². The maximum absolute atomic E-state index is 13.9. The van der Waals surface area contributed by atoms with E-state index in [1.807, 2.05) is 25.1 Å². The van der Waals surface area contributed by atoms with Gasteiger partial charge in [0.15, 0.2) is 6.61 Å². The quantitative estimate of drug-likeness (QED) is 0.179. The zero-order valence-corrected chi connectivity index (χ0v) is 23.6. The fraction of sp³-hybridized carbons (Fsp3) is 0.172. The summed E-state index contributed by atoms with van der Waals surface area (Å²) in [4.78, 5) is 67.4. The third-order valence-corrected chi connectivity index (χ3v) is 9.46. The molecule has 42 heavy (non-hydrogen) atoms. The summed E-state index contributed by atoms with van der Waals surface area (Å²) >= 11 is 2.08. The number of para-hydroxylation sites is 1. The Balaban J connectivity index is 1.33. The minimum atomic E-state index is -0.887. The standard InChI is InChI=1S/C29H22N4O7S2/c1-15-5-4-6-16(13-15)30-21(34)14-40-20-8-3-2-7-19(20)22-23-25(41-26-24(22)42-29(37)31-26)28(36)32(27(23)35)17-9-11-18(12-10-17)33(38)39/h2-13,22-23,25H,14H2,1H3,(H,30,34)(H,31,37)/t22-,23?,25?/m1/s1. The highest BCUT2D eigenvalue weighted by Gasteiger charge is 2.56. The zero-order chi connectivity index (χ0) is 29.5. The zero-order valence-electron chi connectivity index (χ0n) is 21.9. The number of anilines is 2. The topological polar surface area (TPSA) is 152 Å². The van der Waals surface area contributed by atoms with Gasteiger partial charge in [-0.25, -0.2) is 4.90 Å². The number of carbonyl (C=O) groups is 3. The molecule has 0 bridgehead atoms. The van der Waals surface area contributed by atoms with Gasteiger partial charge < -0.3 is 15.0 Å². The van der Waals surface area contributed by atoms with Gasteiger partial charge in [-0.3, -0.25) is 29.3 Å². The van der Waals surface area contributed by atoms with Crippen LogP contribution in [0.3, 0.4) is 0 Å². The van der Waals surface area contributed by atoms with Gasteiger partial charge in [0.2, 0.25) is 11.8 Å². The van der Waals surface area contributed by atoms with Gasteiger partial charge >= 0.3 is 4.87 Å². The van der Waals surface area contributed by atoms with Gasteiger partial charge in [-0.1, -0.05) is 53.4 Å². The molecule has 2 aliphatic rings. The van der Waals surface area contributed by atoms with Crippen LogP contribution in [0.2, 0.25) is 0 Å². The number of aromatic amines is 1. The number of nitro benzene ring substituents is 1. The van der Waals surface area contributed by atoms with E-state index in [1.165, 1.54) is 24.3 Å². The van der Waals surface area contributed by atoms with Gasteiger partial charge in [0.25, 0.3) is 11.6 Å². The van der Waals surface area contributed by atoms with Crippen LogP contribution in [0.5, 0.6) is 5.75 Å². The predicted octanol–water partition coefficient (Wildman–Crippen LogP) is 4.47. The van der Waals surface area contributed by atoms with Crippen molar-refractivity contribution in [3.8, 4) is 5.75 Å². The summed E-state index contributed by atoms with van der Waals surface area (Å²) in [5.74, 6) is -2.62. The molecule has 1 aromatic heterocycles. The van der Waals surface area contributed by atoms with Crippen LogP contribution in [0, 0.1) is 23.0 Å². The Morgan fingerprint density at radius 3 is 2.55 bits per heavy atom. The Bertz CT molecular complexity index is 1800. The highest BCUT2D eigenvalue weighted by molar-refractivity contribution is 8.00. The SMILES string of the molecule is Cc1cccc(NC(=O)COc2ccccc2[C@H]2c3sc(=O)[nH]c3SC3C(=O)N(c4ccc([N+](=O)[O-])cc4)C(=O)C32)c1. The first-order valence-corrected chi connectivity index (χ1v) is 14.5. The molecule has 1 saturated heterocycles. The molecule has 3 amide bonds. The molecule has 1 fully saturated rings. The second kappa shape index (κ2) is 10.9. The summed E-state index contributed by atoms with van der Waals surface area (Å²) < 4.78 is 5.96. The molecule has 0 radical (unpaired) electrons. The van der Waals surface area contributed by atoms with Gasteiger partial charge in [-0.2, -0.15) is 0 Å². The van der Waals surface area contributed by atoms with E-state index in [1.54, 1.807) is 30.3 Å². The van der Waals surface area contributed by atoms with Crippen LogP contribution in [0.1, 0.15) is 21.9 Å². The Morgan fingerprint density at radius 2 is 1.81 bits per heavy atom. The average Bonchev–Trinajstić information content (AvgIpc) is 3.46. The number of thiazole rings is 1. The summed E-state index contributed by atoms with van der Waals surface area (Å²) in [5, 5.41) is 13.6. The second-order valence-electron chi connectivity index (χ2n) is 9.78. The lowest BCUT2D eigenvalue weighted by Crippen LogP contribution is -2.32. The van der Waals surface area contributed by atoms with Crippen molar-refractivity contribution in [3.63, 3.8) is 0 Å². The Hall–Kier alpha value is -4.75. The molecule has 2 aliphatic heterocycles. The van der Waals surface area contributed by atoms with E-state index in [0.29, 0.717) is 26.9 Å². The number of non-ortho nitro benzene ring substituents is 1. The Morgan fingerprint density at radius 1 is 1.05 bits per heavy atom. The fourth-order valence-electron chi connectivity index (χ4n) is 5.26. The summed E-state index contributed by atoms with van der Waals surface area (Å²) in [6.45, 7) is 1.61. The molecule has 6 rings (SSSR count). The van der Waals surface area contributed by atoms with Crippen LogP contribution in [-0.2, 0) is 14.4 Å². The van der Waals surface area contributed by atoms with Gasteiger partial charge in [0.1, 0.15) is 11.0 Å². The first kappa shape index (κ1) is 27.4. The minimum absolute atomic E-state index is 0.167. The molecule has 4 aromatic rings. The molecular weight excluding hydrogens is 580 g/mol. The number of benzene rings is 3. The van der Waals surface area contributed by atoms with Crippen LogP contribution in [0.15, 0.2) is 82.6 Å². The van der Waals surface area contributed by atoms with E-state index < -0.39 is 33.8 Å². The van der Waals surface area contributed by atoms with Gasteiger partial charge in [-0.15, -0.1) is 0 Å². The van der Waals surface area contributed by atoms with Gasteiger partial charge in [0, 0.05) is 34.2 Å². The number of nitro groups is 1. The predicted molar refractivity (Wildman–Crippen MR) is 157 cm³/mol. The van der Waals surface area contributed by atoms with Crippen molar-refractivity contribution in [2.45, 2.75) is 23.1 Å². The molecule has 0 aliphatic carbocycles. The Labute approximate surface area is 246 Å². The van der Waals surface area contributed by atoms with E-state index in [2.05, 4.69) is 10.3 Å². The number of nitrogens with one attached hydrogen (secondary N) is 2. The Kier molecular flexibility index (Phi) is 7.12. The number of nitrogens with zero attached hydrogens (tertiary/aromatic N) is 2. The van der Waals surface area contributed by atoms with Crippen LogP contribution >= 0.6 is 23.1 Å². The lowest BCUT2D eigenvalue weighted by atomic mass is 9.82. The minimum Gasteiger partial charge on any atom is -0.483 e. The van der Waals surface area contributed by atoms with Crippen molar-refractivity contribution in [2.75, 3.05) is 16.8 Å². The molecule has 3 aromatic carbocycles. The number of fused-ring (bicyclic) bond motifs is 2. The van der Waals surface area contributed by atoms with Crippen molar-refractivity contribution < 1.29 is 24.0 Å². The van der Waals surface area contributed by atoms with Crippen molar-refractivity contribution in [2.24, 2.45) is 5.92 Å². The number of hydrogen-bond acceptors (Lipinski definition) is 9. The number of amides is 3. The number of aryl methyl sites for hydroxylation is 1. The van der Waals surface area contributed by atoms with E-state index in [9.17, 15) is 29.3 Å².